The Kier molecular flexibility index (Phi) is 3.40. The van der Waals surface area contributed by atoms with Crippen molar-refractivity contribution in [2.75, 3.05) is 43.1 Å². The molecule has 0 bridgehead atoms. The molecule has 1 saturated carbocycles. The third-order valence-corrected chi connectivity index (χ3v) is 4.86. The van der Waals surface area contributed by atoms with Crippen LogP contribution < -0.4 is 9.80 Å². The lowest BCUT2D eigenvalue weighted by Gasteiger charge is -2.41. The van der Waals surface area contributed by atoms with Gasteiger partial charge in [0.1, 0.15) is 0 Å². The van der Waals surface area contributed by atoms with Gasteiger partial charge in [-0.05, 0) is 25.0 Å². The van der Waals surface area contributed by atoms with Crippen molar-refractivity contribution in [3.05, 3.63) is 24.3 Å². The fourth-order valence-corrected chi connectivity index (χ4v) is 3.63. The molecule has 0 unspecified atom stereocenters. The normalized spacial score (nSPS) is 21.6. The van der Waals surface area contributed by atoms with Crippen molar-refractivity contribution in [1.82, 2.24) is 0 Å². The van der Waals surface area contributed by atoms with Gasteiger partial charge in [0.2, 0.25) is 0 Å². The maximum absolute atomic E-state index is 9.81. The summed E-state index contributed by atoms with van der Waals surface area (Å²) in [5.74, 6) is 0. The van der Waals surface area contributed by atoms with Crippen LogP contribution in [0.3, 0.4) is 0 Å². The van der Waals surface area contributed by atoms with E-state index in [9.17, 15) is 5.11 Å². The highest BCUT2D eigenvalue weighted by Crippen LogP contribution is 2.41. The number of nitrogens with zero attached hydrogens (tertiary/aromatic N) is 2. The average Bonchev–Trinajstić information content (AvgIpc) is 2.92. The number of hydrogen-bond donors (Lipinski definition) is 1. The SMILES string of the molecule is CN1CCN(CC2(CO)CCCC2)c2ccccc21. The molecule has 1 aliphatic carbocycles. The third kappa shape index (κ3) is 2.32. The van der Waals surface area contributed by atoms with E-state index in [1.807, 2.05) is 0 Å². The van der Waals surface area contributed by atoms with Crippen LogP contribution in [0.2, 0.25) is 0 Å². The summed E-state index contributed by atoms with van der Waals surface area (Å²) in [6.07, 6.45) is 4.90. The molecule has 1 aromatic carbocycles. The molecule has 0 saturated heterocycles. The fraction of sp³-hybridized carbons (Fsp3) is 0.625. The van der Waals surface area contributed by atoms with E-state index in [0.29, 0.717) is 6.61 Å². The van der Waals surface area contributed by atoms with Crippen LogP contribution in [0, 0.1) is 5.41 Å². The summed E-state index contributed by atoms with van der Waals surface area (Å²) < 4.78 is 0. The number of aliphatic hydroxyl groups excluding tert-OH is 1. The molecule has 104 valence electrons. The standard InChI is InChI=1S/C16H24N2O/c1-17-10-11-18(15-7-3-2-6-14(15)17)12-16(13-19)8-4-5-9-16/h2-3,6-7,19H,4-5,8-13H2,1H3. The zero-order valence-corrected chi connectivity index (χ0v) is 11.8. The predicted octanol–water partition coefficient (Wildman–Crippen LogP) is 2.50. The van der Waals surface area contributed by atoms with Crippen LogP contribution in [0.1, 0.15) is 25.7 Å². The van der Waals surface area contributed by atoms with Gasteiger partial charge in [0.05, 0.1) is 18.0 Å². The van der Waals surface area contributed by atoms with Gasteiger partial charge in [-0.3, -0.25) is 0 Å². The van der Waals surface area contributed by atoms with E-state index in [1.165, 1.54) is 37.1 Å². The number of anilines is 2. The molecule has 0 atom stereocenters. The van der Waals surface area contributed by atoms with Crippen molar-refractivity contribution in [3.8, 4) is 0 Å². The third-order valence-electron chi connectivity index (χ3n) is 4.86. The number of likely N-dealkylation sites (N-methyl/N-ethyl adjacent to an activating group) is 1. The van der Waals surface area contributed by atoms with Crippen LogP contribution in [-0.4, -0.2) is 38.4 Å². The van der Waals surface area contributed by atoms with Crippen LogP contribution in [0.25, 0.3) is 0 Å². The largest absolute Gasteiger partial charge is 0.396 e. The second-order valence-electron chi connectivity index (χ2n) is 6.20. The van der Waals surface area contributed by atoms with Crippen molar-refractivity contribution in [1.29, 1.82) is 0 Å². The summed E-state index contributed by atoms with van der Waals surface area (Å²) in [5.41, 5.74) is 2.79. The first kappa shape index (κ1) is 12.8. The van der Waals surface area contributed by atoms with E-state index in [4.69, 9.17) is 0 Å². The minimum Gasteiger partial charge on any atom is -0.396 e. The zero-order chi connectivity index (χ0) is 13.3. The Morgan fingerprint density at radius 2 is 1.79 bits per heavy atom. The summed E-state index contributed by atoms with van der Waals surface area (Å²) in [4.78, 5) is 4.81. The van der Waals surface area contributed by atoms with Crippen LogP contribution >= 0.6 is 0 Å². The molecule has 1 N–H and O–H groups in total. The number of aliphatic hydroxyl groups is 1. The molecule has 2 aliphatic rings. The Labute approximate surface area is 115 Å². The minimum absolute atomic E-state index is 0.142. The molecule has 19 heavy (non-hydrogen) atoms. The maximum atomic E-state index is 9.81. The highest BCUT2D eigenvalue weighted by molar-refractivity contribution is 5.73. The van der Waals surface area contributed by atoms with E-state index in [1.54, 1.807) is 0 Å². The van der Waals surface area contributed by atoms with Crippen molar-refractivity contribution >= 4 is 11.4 Å². The van der Waals surface area contributed by atoms with Gasteiger partial charge in [-0.1, -0.05) is 25.0 Å². The van der Waals surface area contributed by atoms with Gasteiger partial charge < -0.3 is 14.9 Å². The van der Waals surface area contributed by atoms with Crippen LogP contribution in [0.5, 0.6) is 0 Å². The Morgan fingerprint density at radius 1 is 1.11 bits per heavy atom. The molecule has 0 amide bonds. The quantitative estimate of drug-likeness (QED) is 0.904. The molecule has 3 heteroatoms. The lowest BCUT2D eigenvalue weighted by atomic mass is 9.86. The topological polar surface area (TPSA) is 26.7 Å². The number of rotatable bonds is 3. The fourth-order valence-electron chi connectivity index (χ4n) is 3.63. The van der Waals surface area contributed by atoms with Crippen LogP contribution in [-0.2, 0) is 0 Å². The highest BCUT2D eigenvalue weighted by atomic mass is 16.3. The predicted molar refractivity (Wildman–Crippen MR) is 79.9 cm³/mol. The highest BCUT2D eigenvalue weighted by Gasteiger charge is 2.36. The summed E-state index contributed by atoms with van der Waals surface area (Å²) in [5, 5.41) is 9.81. The van der Waals surface area contributed by atoms with E-state index in [2.05, 4.69) is 41.1 Å². The van der Waals surface area contributed by atoms with Crippen molar-refractivity contribution in [2.45, 2.75) is 25.7 Å². The summed E-state index contributed by atoms with van der Waals surface area (Å²) >= 11 is 0. The molecule has 0 spiro atoms. The molecule has 1 heterocycles. The van der Waals surface area contributed by atoms with Gasteiger partial charge in [-0.2, -0.15) is 0 Å². The molecule has 0 aromatic heterocycles. The van der Waals surface area contributed by atoms with Crippen molar-refractivity contribution in [3.63, 3.8) is 0 Å². The smallest absolute Gasteiger partial charge is 0.0604 e. The molecule has 1 fully saturated rings. The average molecular weight is 260 g/mol. The molecule has 0 radical (unpaired) electrons. The van der Waals surface area contributed by atoms with Gasteiger partial charge in [-0.25, -0.2) is 0 Å². The molecule has 1 aromatic rings. The van der Waals surface area contributed by atoms with Gasteiger partial charge >= 0.3 is 0 Å². The van der Waals surface area contributed by atoms with Crippen molar-refractivity contribution < 1.29 is 5.11 Å². The second-order valence-corrected chi connectivity index (χ2v) is 6.20. The van der Waals surface area contributed by atoms with E-state index >= 15 is 0 Å². The van der Waals surface area contributed by atoms with Crippen molar-refractivity contribution in [2.24, 2.45) is 5.41 Å². The van der Waals surface area contributed by atoms with Gasteiger partial charge in [0.25, 0.3) is 0 Å². The van der Waals surface area contributed by atoms with E-state index in [0.717, 1.165) is 19.6 Å². The van der Waals surface area contributed by atoms with E-state index < -0.39 is 0 Å². The monoisotopic (exact) mass is 260 g/mol. The molecule has 3 rings (SSSR count). The number of para-hydroxylation sites is 2. The summed E-state index contributed by atoms with van der Waals surface area (Å²) in [7, 11) is 2.16. The van der Waals surface area contributed by atoms with Gasteiger partial charge in [0.15, 0.2) is 0 Å². The molecule has 1 aliphatic heterocycles. The first-order chi connectivity index (χ1) is 9.24. The Bertz CT molecular complexity index is 440. The number of fused-ring (bicyclic) bond motifs is 1. The number of hydrogen-bond acceptors (Lipinski definition) is 3. The minimum atomic E-state index is 0.142. The molecule has 3 nitrogen and oxygen atoms in total. The molecular formula is C16H24N2O. The summed E-state index contributed by atoms with van der Waals surface area (Å²) in [6, 6.07) is 8.63. The summed E-state index contributed by atoms with van der Waals surface area (Å²) in [6.45, 7) is 3.48. The lowest BCUT2D eigenvalue weighted by Crippen LogP contribution is -2.45. The number of benzene rings is 1. The molecular weight excluding hydrogens is 236 g/mol. The lowest BCUT2D eigenvalue weighted by molar-refractivity contribution is 0.135. The van der Waals surface area contributed by atoms with Gasteiger partial charge in [0, 0.05) is 32.1 Å². The first-order valence-electron chi connectivity index (χ1n) is 7.40. The van der Waals surface area contributed by atoms with Crippen LogP contribution in [0.15, 0.2) is 24.3 Å². The Balaban J connectivity index is 1.84. The zero-order valence-electron chi connectivity index (χ0n) is 11.8. The van der Waals surface area contributed by atoms with Gasteiger partial charge in [-0.15, -0.1) is 0 Å². The first-order valence-corrected chi connectivity index (χ1v) is 7.40. The van der Waals surface area contributed by atoms with E-state index in [-0.39, 0.29) is 5.41 Å². The Morgan fingerprint density at radius 3 is 2.47 bits per heavy atom. The van der Waals surface area contributed by atoms with Crippen LogP contribution in [0.4, 0.5) is 11.4 Å². The Hall–Kier alpha value is -1.22. The second kappa shape index (κ2) is 5.04. The maximum Gasteiger partial charge on any atom is 0.0604 e.